The number of hydrogen-bond donors (Lipinski definition) is 1. The van der Waals surface area contributed by atoms with Gasteiger partial charge in [-0.05, 0) is 75.7 Å². The van der Waals surface area contributed by atoms with Crippen molar-refractivity contribution in [2.75, 3.05) is 31.0 Å². The molecule has 0 saturated carbocycles. The molecule has 0 spiro atoms. The minimum atomic E-state index is -3.65. The van der Waals surface area contributed by atoms with E-state index in [2.05, 4.69) is 17.1 Å². The van der Waals surface area contributed by atoms with E-state index in [0.29, 0.717) is 23.8 Å². The van der Waals surface area contributed by atoms with Crippen LogP contribution in [0.25, 0.3) is 0 Å². The molecule has 0 aliphatic carbocycles. The van der Waals surface area contributed by atoms with Crippen LogP contribution in [0.5, 0.6) is 0 Å². The molecule has 30 heavy (non-hydrogen) atoms. The Bertz CT molecular complexity index is 950. The topological polar surface area (TPSA) is 69.7 Å². The van der Waals surface area contributed by atoms with Gasteiger partial charge in [-0.25, -0.2) is 8.42 Å². The summed E-state index contributed by atoms with van der Waals surface area (Å²) in [5.41, 5.74) is 2.04. The summed E-state index contributed by atoms with van der Waals surface area (Å²) >= 11 is 0. The second-order valence-electron chi connectivity index (χ2n) is 7.85. The third-order valence-electron chi connectivity index (χ3n) is 5.80. The standard InChI is InChI=1S/C23H31N3O3S/c1-4-20(26-15-5-6-16-26)17-24-23(27)19-9-11-21(12-10-19)25(3)30(28,29)22-13-7-18(2)8-14-22/h7-14,20H,4-6,15-17H2,1-3H3,(H,24,27)/t20-/m1/s1. The quantitative estimate of drug-likeness (QED) is 0.698. The average Bonchev–Trinajstić information content (AvgIpc) is 3.28. The van der Waals surface area contributed by atoms with Gasteiger partial charge in [-0.2, -0.15) is 0 Å². The third-order valence-corrected chi connectivity index (χ3v) is 7.60. The van der Waals surface area contributed by atoms with Crippen LogP contribution in [0, 0.1) is 6.92 Å². The van der Waals surface area contributed by atoms with Gasteiger partial charge in [-0.3, -0.25) is 14.0 Å². The van der Waals surface area contributed by atoms with E-state index in [4.69, 9.17) is 0 Å². The Morgan fingerprint density at radius 2 is 1.67 bits per heavy atom. The zero-order valence-corrected chi connectivity index (χ0v) is 18.8. The van der Waals surface area contributed by atoms with Crippen LogP contribution in [0.2, 0.25) is 0 Å². The SMILES string of the molecule is CC[C@H](CNC(=O)c1ccc(N(C)S(=O)(=O)c2ccc(C)cc2)cc1)N1CCCC1. The van der Waals surface area contributed by atoms with Crippen molar-refractivity contribution in [3.8, 4) is 0 Å². The minimum absolute atomic E-state index is 0.136. The third kappa shape index (κ3) is 5.02. The fourth-order valence-electron chi connectivity index (χ4n) is 3.78. The number of likely N-dealkylation sites (tertiary alicyclic amines) is 1. The van der Waals surface area contributed by atoms with Gasteiger partial charge in [0.1, 0.15) is 0 Å². The van der Waals surface area contributed by atoms with Crippen molar-refractivity contribution in [2.45, 2.75) is 44.0 Å². The Hall–Kier alpha value is -2.38. The maximum absolute atomic E-state index is 12.8. The molecule has 0 aromatic heterocycles. The largest absolute Gasteiger partial charge is 0.350 e. The number of nitrogens with zero attached hydrogens (tertiary/aromatic N) is 2. The van der Waals surface area contributed by atoms with Crippen LogP contribution in [0.4, 0.5) is 5.69 Å². The Morgan fingerprint density at radius 3 is 2.23 bits per heavy atom. The molecule has 1 heterocycles. The van der Waals surface area contributed by atoms with Gasteiger partial charge in [-0.15, -0.1) is 0 Å². The van der Waals surface area contributed by atoms with Crippen molar-refractivity contribution in [2.24, 2.45) is 0 Å². The highest BCUT2D eigenvalue weighted by molar-refractivity contribution is 7.92. The summed E-state index contributed by atoms with van der Waals surface area (Å²) in [6.45, 7) is 6.89. The highest BCUT2D eigenvalue weighted by Gasteiger charge is 2.22. The van der Waals surface area contributed by atoms with Crippen LogP contribution in [-0.4, -0.2) is 51.9 Å². The molecule has 0 bridgehead atoms. The van der Waals surface area contributed by atoms with Gasteiger partial charge in [0.05, 0.1) is 10.6 Å². The van der Waals surface area contributed by atoms with E-state index in [1.54, 1.807) is 48.5 Å². The molecule has 1 atom stereocenters. The number of aryl methyl sites for hydroxylation is 1. The molecule has 1 fully saturated rings. The lowest BCUT2D eigenvalue weighted by Gasteiger charge is -2.26. The second-order valence-corrected chi connectivity index (χ2v) is 9.82. The number of hydrogen-bond acceptors (Lipinski definition) is 4. The number of rotatable bonds is 8. The maximum atomic E-state index is 12.8. The second kappa shape index (κ2) is 9.62. The lowest BCUT2D eigenvalue weighted by atomic mass is 10.1. The smallest absolute Gasteiger partial charge is 0.264 e. The van der Waals surface area contributed by atoms with E-state index >= 15 is 0 Å². The summed E-state index contributed by atoms with van der Waals surface area (Å²) in [6.07, 6.45) is 3.46. The van der Waals surface area contributed by atoms with Crippen LogP contribution in [0.3, 0.4) is 0 Å². The predicted octanol–water partition coefficient (Wildman–Crippen LogP) is 3.42. The zero-order chi connectivity index (χ0) is 21.7. The van der Waals surface area contributed by atoms with Gasteiger partial charge < -0.3 is 5.32 Å². The fourth-order valence-corrected chi connectivity index (χ4v) is 4.98. The van der Waals surface area contributed by atoms with Gasteiger partial charge in [0.2, 0.25) is 0 Å². The molecule has 2 aromatic rings. The first-order chi connectivity index (χ1) is 14.3. The number of amides is 1. The van der Waals surface area contributed by atoms with E-state index in [1.807, 2.05) is 6.92 Å². The van der Waals surface area contributed by atoms with Crippen LogP contribution < -0.4 is 9.62 Å². The molecule has 2 aromatic carbocycles. The fraction of sp³-hybridized carbons (Fsp3) is 0.435. The number of carbonyl (C=O) groups excluding carboxylic acids is 1. The van der Waals surface area contributed by atoms with Gasteiger partial charge >= 0.3 is 0 Å². The van der Waals surface area contributed by atoms with Crippen LogP contribution in [-0.2, 0) is 10.0 Å². The van der Waals surface area contributed by atoms with E-state index in [-0.39, 0.29) is 10.8 Å². The number of nitrogens with one attached hydrogen (secondary N) is 1. The molecule has 1 saturated heterocycles. The van der Waals surface area contributed by atoms with E-state index in [1.165, 1.54) is 24.2 Å². The lowest BCUT2D eigenvalue weighted by molar-refractivity contribution is 0.0937. The van der Waals surface area contributed by atoms with Crippen LogP contribution in [0.1, 0.15) is 42.1 Å². The molecular formula is C23H31N3O3S. The van der Waals surface area contributed by atoms with Gasteiger partial charge in [-0.1, -0.05) is 24.6 Å². The van der Waals surface area contributed by atoms with Crippen molar-refractivity contribution in [3.63, 3.8) is 0 Å². The molecular weight excluding hydrogens is 398 g/mol. The molecule has 162 valence electrons. The summed E-state index contributed by atoms with van der Waals surface area (Å²) in [5, 5.41) is 3.02. The number of benzene rings is 2. The minimum Gasteiger partial charge on any atom is -0.350 e. The molecule has 7 heteroatoms. The van der Waals surface area contributed by atoms with Gasteiger partial charge in [0, 0.05) is 25.2 Å². The monoisotopic (exact) mass is 429 g/mol. The molecule has 3 rings (SSSR count). The first kappa shape index (κ1) is 22.3. The molecule has 6 nitrogen and oxygen atoms in total. The Morgan fingerprint density at radius 1 is 1.07 bits per heavy atom. The van der Waals surface area contributed by atoms with E-state index < -0.39 is 10.0 Å². The normalized spacial score (nSPS) is 15.7. The molecule has 0 radical (unpaired) electrons. The average molecular weight is 430 g/mol. The van der Waals surface area contributed by atoms with E-state index in [0.717, 1.165) is 25.1 Å². The van der Waals surface area contributed by atoms with Crippen molar-refractivity contribution in [3.05, 3.63) is 59.7 Å². The van der Waals surface area contributed by atoms with E-state index in [9.17, 15) is 13.2 Å². The van der Waals surface area contributed by atoms with Gasteiger partial charge in [0.25, 0.3) is 15.9 Å². The lowest BCUT2D eigenvalue weighted by Crippen LogP contribution is -2.42. The number of carbonyl (C=O) groups is 1. The molecule has 1 N–H and O–H groups in total. The molecule has 1 aliphatic heterocycles. The van der Waals surface area contributed by atoms with Crippen molar-refractivity contribution in [1.29, 1.82) is 0 Å². The predicted molar refractivity (Wildman–Crippen MR) is 120 cm³/mol. The highest BCUT2D eigenvalue weighted by Crippen LogP contribution is 2.23. The van der Waals surface area contributed by atoms with Crippen LogP contribution >= 0.6 is 0 Å². The number of sulfonamides is 1. The summed E-state index contributed by atoms with van der Waals surface area (Å²) in [6, 6.07) is 13.8. The number of anilines is 1. The summed E-state index contributed by atoms with van der Waals surface area (Å²) < 4.78 is 26.9. The molecule has 1 amide bonds. The first-order valence-corrected chi connectivity index (χ1v) is 11.9. The summed E-state index contributed by atoms with van der Waals surface area (Å²) in [7, 11) is -2.13. The molecule has 1 aliphatic rings. The highest BCUT2D eigenvalue weighted by atomic mass is 32.2. The molecule has 0 unspecified atom stereocenters. The summed E-state index contributed by atoms with van der Waals surface area (Å²) in [4.78, 5) is 15.2. The Balaban J connectivity index is 1.64. The van der Waals surface area contributed by atoms with Crippen molar-refractivity contribution < 1.29 is 13.2 Å². The Labute approximate surface area is 179 Å². The van der Waals surface area contributed by atoms with Gasteiger partial charge in [0.15, 0.2) is 0 Å². The summed E-state index contributed by atoms with van der Waals surface area (Å²) in [5.74, 6) is -0.136. The first-order valence-electron chi connectivity index (χ1n) is 10.5. The van der Waals surface area contributed by atoms with Crippen LogP contribution in [0.15, 0.2) is 53.4 Å². The Kier molecular flexibility index (Phi) is 7.15. The zero-order valence-electron chi connectivity index (χ0n) is 18.0. The van der Waals surface area contributed by atoms with Crippen molar-refractivity contribution >= 4 is 21.6 Å². The maximum Gasteiger partial charge on any atom is 0.264 e. The van der Waals surface area contributed by atoms with Crippen molar-refractivity contribution in [1.82, 2.24) is 10.2 Å².